The number of carbonyl (C=O) groups excluding carboxylic acids is 1. The van der Waals surface area contributed by atoms with Gasteiger partial charge in [0.25, 0.3) is 5.56 Å². The summed E-state index contributed by atoms with van der Waals surface area (Å²) in [6.07, 6.45) is 2.74. The van der Waals surface area contributed by atoms with Gasteiger partial charge in [-0.05, 0) is 56.5 Å². The maximum atomic E-state index is 13.3. The lowest BCUT2D eigenvalue weighted by Gasteiger charge is -2.26. The smallest absolute Gasteiger partial charge is 0.262 e. The molecule has 0 bridgehead atoms. The van der Waals surface area contributed by atoms with Gasteiger partial charge in [-0.1, -0.05) is 30.0 Å². The van der Waals surface area contributed by atoms with E-state index < -0.39 is 0 Å². The zero-order chi connectivity index (χ0) is 23.7. The van der Waals surface area contributed by atoms with E-state index in [4.69, 9.17) is 14.5 Å². The molecule has 7 nitrogen and oxygen atoms in total. The summed E-state index contributed by atoms with van der Waals surface area (Å²) < 4.78 is 13.3. The van der Waals surface area contributed by atoms with Crippen LogP contribution in [0.3, 0.4) is 0 Å². The highest BCUT2D eigenvalue weighted by Crippen LogP contribution is 2.38. The van der Waals surface area contributed by atoms with Crippen molar-refractivity contribution in [3.05, 3.63) is 58.4 Å². The zero-order valence-electron chi connectivity index (χ0n) is 19.5. The van der Waals surface area contributed by atoms with Crippen LogP contribution in [0.2, 0.25) is 0 Å². The number of rotatable bonds is 5. The van der Waals surface area contributed by atoms with Gasteiger partial charge in [-0.15, -0.1) is 0 Å². The molecule has 1 saturated heterocycles. The average Bonchev–Trinajstić information content (AvgIpc) is 3.21. The van der Waals surface area contributed by atoms with Crippen LogP contribution in [0.25, 0.3) is 10.9 Å². The molecular formula is C26H29N3O4S. The van der Waals surface area contributed by atoms with Crippen LogP contribution in [-0.2, 0) is 4.79 Å². The molecule has 5 rings (SSSR count). The number of hydrogen-bond donors (Lipinski definition) is 0. The summed E-state index contributed by atoms with van der Waals surface area (Å²) >= 11 is 1.34. The number of amides is 1. The molecule has 3 heterocycles. The number of ether oxygens (including phenoxy) is 2. The molecule has 1 amide bonds. The summed E-state index contributed by atoms with van der Waals surface area (Å²) in [7, 11) is 0. The van der Waals surface area contributed by atoms with Gasteiger partial charge in [0.1, 0.15) is 0 Å². The number of carbonyl (C=O) groups is 1. The summed E-state index contributed by atoms with van der Waals surface area (Å²) in [6.45, 7) is 5.94. The standard InChI is InChI=1S/C26H29N3O4S/c1-17(2)29-25(31)19-7-3-4-8-20(19)27-26(29)34-16-24(30)28-12-5-9-21(28)18-10-11-22-23(15-18)33-14-6-13-32-22/h3-4,7-8,10-11,15,17,21H,5-6,9,12-14,16H2,1-2H3. The van der Waals surface area contributed by atoms with Gasteiger partial charge in [-0.25, -0.2) is 4.98 Å². The van der Waals surface area contributed by atoms with Gasteiger partial charge in [0.05, 0.1) is 35.9 Å². The highest BCUT2D eigenvalue weighted by molar-refractivity contribution is 7.99. The summed E-state index contributed by atoms with van der Waals surface area (Å²) in [5.74, 6) is 1.81. The second-order valence-electron chi connectivity index (χ2n) is 8.97. The van der Waals surface area contributed by atoms with E-state index in [2.05, 4.69) is 0 Å². The van der Waals surface area contributed by atoms with E-state index in [-0.39, 0.29) is 29.3 Å². The van der Waals surface area contributed by atoms with E-state index in [1.54, 1.807) is 10.6 Å². The Morgan fingerprint density at radius 2 is 1.91 bits per heavy atom. The van der Waals surface area contributed by atoms with Crippen molar-refractivity contribution in [2.24, 2.45) is 0 Å². The zero-order valence-corrected chi connectivity index (χ0v) is 20.3. The fourth-order valence-electron chi connectivity index (χ4n) is 4.69. The quantitative estimate of drug-likeness (QED) is 0.394. The van der Waals surface area contributed by atoms with Crippen LogP contribution in [0.1, 0.15) is 50.8 Å². The Balaban J connectivity index is 1.36. The van der Waals surface area contributed by atoms with Crippen LogP contribution in [0, 0.1) is 0 Å². The second-order valence-corrected chi connectivity index (χ2v) is 9.91. The lowest BCUT2D eigenvalue weighted by Crippen LogP contribution is -2.32. The van der Waals surface area contributed by atoms with E-state index in [0.717, 1.165) is 42.9 Å². The van der Waals surface area contributed by atoms with Crippen molar-refractivity contribution in [3.8, 4) is 11.5 Å². The maximum Gasteiger partial charge on any atom is 0.262 e. The number of aromatic nitrogens is 2. The monoisotopic (exact) mass is 479 g/mol. The Labute approximate surface area is 203 Å². The summed E-state index contributed by atoms with van der Waals surface area (Å²) in [6, 6.07) is 13.3. The molecule has 3 aromatic rings. The van der Waals surface area contributed by atoms with Crippen molar-refractivity contribution < 1.29 is 14.3 Å². The molecule has 8 heteroatoms. The molecule has 2 aromatic carbocycles. The lowest BCUT2D eigenvalue weighted by atomic mass is 10.0. The van der Waals surface area contributed by atoms with Crippen LogP contribution >= 0.6 is 11.8 Å². The maximum absolute atomic E-state index is 13.3. The molecule has 1 fully saturated rings. The summed E-state index contributed by atoms with van der Waals surface area (Å²) in [4.78, 5) is 33.0. The van der Waals surface area contributed by atoms with Gasteiger partial charge >= 0.3 is 0 Å². The van der Waals surface area contributed by atoms with Gasteiger partial charge in [0.15, 0.2) is 16.7 Å². The predicted molar refractivity (Wildman–Crippen MR) is 133 cm³/mol. The number of fused-ring (bicyclic) bond motifs is 2. The van der Waals surface area contributed by atoms with Crippen LogP contribution in [0.4, 0.5) is 0 Å². The normalized spacial score (nSPS) is 17.9. The van der Waals surface area contributed by atoms with E-state index in [0.29, 0.717) is 29.3 Å². The predicted octanol–water partition coefficient (Wildman–Crippen LogP) is 4.59. The topological polar surface area (TPSA) is 73.7 Å². The van der Waals surface area contributed by atoms with E-state index in [1.165, 1.54) is 11.8 Å². The second kappa shape index (κ2) is 9.70. The van der Waals surface area contributed by atoms with E-state index in [9.17, 15) is 9.59 Å². The molecule has 1 unspecified atom stereocenters. The van der Waals surface area contributed by atoms with Crippen molar-refractivity contribution in [1.82, 2.24) is 14.5 Å². The van der Waals surface area contributed by atoms with Crippen molar-refractivity contribution in [3.63, 3.8) is 0 Å². The van der Waals surface area contributed by atoms with Gasteiger partial charge in [-0.3, -0.25) is 14.2 Å². The molecular weight excluding hydrogens is 450 g/mol. The SMILES string of the molecule is CC(C)n1c(SCC(=O)N2CCCC2c2ccc3c(c2)OCCCO3)nc2ccccc2c1=O. The highest BCUT2D eigenvalue weighted by Gasteiger charge is 2.31. The fourth-order valence-corrected chi connectivity index (χ4v) is 5.70. The lowest BCUT2D eigenvalue weighted by molar-refractivity contribution is -0.129. The molecule has 2 aliphatic rings. The number of hydrogen-bond acceptors (Lipinski definition) is 6. The first kappa shape index (κ1) is 22.8. The van der Waals surface area contributed by atoms with Crippen molar-refractivity contribution >= 4 is 28.6 Å². The number of benzene rings is 2. The number of thioether (sulfide) groups is 1. The third-order valence-electron chi connectivity index (χ3n) is 6.35. The molecule has 0 aliphatic carbocycles. The first-order chi connectivity index (χ1) is 16.5. The first-order valence-corrected chi connectivity index (χ1v) is 12.8. The first-order valence-electron chi connectivity index (χ1n) is 11.9. The van der Waals surface area contributed by atoms with E-state index >= 15 is 0 Å². The Morgan fingerprint density at radius 1 is 1.12 bits per heavy atom. The van der Waals surface area contributed by atoms with Gasteiger partial charge < -0.3 is 14.4 Å². The van der Waals surface area contributed by atoms with Crippen LogP contribution in [-0.4, -0.2) is 45.9 Å². The summed E-state index contributed by atoms with van der Waals surface area (Å²) in [5, 5.41) is 1.18. The number of likely N-dealkylation sites (tertiary alicyclic amines) is 1. The molecule has 2 aliphatic heterocycles. The number of nitrogens with zero attached hydrogens (tertiary/aromatic N) is 3. The minimum atomic E-state index is -0.0678. The van der Waals surface area contributed by atoms with Crippen molar-refractivity contribution in [1.29, 1.82) is 0 Å². The van der Waals surface area contributed by atoms with Gasteiger partial charge in [0.2, 0.25) is 5.91 Å². The summed E-state index contributed by atoms with van der Waals surface area (Å²) in [5.41, 5.74) is 1.66. The molecule has 34 heavy (non-hydrogen) atoms. The van der Waals surface area contributed by atoms with Gasteiger partial charge in [-0.2, -0.15) is 0 Å². The molecule has 0 radical (unpaired) electrons. The minimum Gasteiger partial charge on any atom is -0.490 e. The molecule has 1 atom stereocenters. The molecule has 0 spiro atoms. The molecule has 0 saturated carbocycles. The highest BCUT2D eigenvalue weighted by atomic mass is 32.2. The Kier molecular flexibility index (Phi) is 6.50. The Hall–Kier alpha value is -3.00. The third-order valence-corrected chi connectivity index (χ3v) is 7.28. The van der Waals surface area contributed by atoms with Crippen LogP contribution < -0.4 is 15.0 Å². The van der Waals surface area contributed by atoms with Crippen molar-refractivity contribution in [2.75, 3.05) is 25.5 Å². The molecule has 0 N–H and O–H groups in total. The van der Waals surface area contributed by atoms with Crippen molar-refractivity contribution in [2.45, 2.75) is 50.4 Å². The van der Waals surface area contributed by atoms with E-state index in [1.807, 2.05) is 55.1 Å². The Bertz CT molecular complexity index is 1270. The largest absolute Gasteiger partial charge is 0.490 e. The fraction of sp³-hybridized carbons (Fsp3) is 0.423. The average molecular weight is 480 g/mol. The molecule has 178 valence electrons. The third kappa shape index (κ3) is 4.39. The van der Waals surface area contributed by atoms with Crippen LogP contribution in [0.15, 0.2) is 52.4 Å². The molecule has 1 aromatic heterocycles. The number of para-hydroxylation sites is 1. The van der Waals surface area contributed by atoms with Gasteiger partial charge in [0, 0.05) is 19.0 Å². The Morgan fingerprint density at radius 3 is 2.74 bits per heavy atom. The minimum absolute atomic E-state index is 0.0158. The van der Waals surface area contributed by atoms with Crippen LogP contribution in [0.5, 0.6) is 11.5 Å².